The van der Waals surface area contributed by atoms with E-state index in [2.05, 4.69) is 6.07 Å². The van der Waals surface area contributed by atoms with Crippen LogP contribution in [0, 0.1) is 11.3 Å². The van der Waals surface area contributed by atoms with Crippen molar-refractivity contribution in [2.45, 2.75) is 56.3 Å². The Labute approximate surface area is 85.0 Å². The van der Waals surface area contributed by atoms with Gasteiger partial charge in [-0.15, -0.1) is 0 Å². The Morgan fingerprint density at radius 1 is 1.50 bits per heavy atom. The van der Waals surface area contributed by atoms with Gasteiger partial charge in [-0.3, -0.25) is 0 Å². The molecule has 1 saturated heterocycles. The fourth-order valence-corrected chi connectivity index (χ4v) is 2.63. The summed E-state index contributed by atoms with van der Waals surface area (Å²) in [6.45, 7) is 2.05. The molecule has 0 aromatic carbocycles. The molecule has 1 unspecified atom stereocenters. The summed E-state index contributed by atoms with van der Waals surface area (Å²) >= 11 is 0. The molecule has 0 amide bonds. The fourth-order valence-electron chi connectivity index (χ4n) is 2.63. The summed E-state index contributed by atoms with van der Waals surface area (Å²) in [5.41, 5.74) is -0.153. The van der Waals surface area contributed by atoms with E-state index >= 15 is 0 Å². The zero-order chi connectivity index (χ0) is 10.2. The first-order chi connectivity index (χ1) is 6.61. The van der Waals surface area contributed by atoms with Gasteiger partial charge in [0.25, 0.3) is 0 Å². The van der Waals surface area contributed by atoms with Crippen LogP contribution in [0.4, 0.5) is 0 Å². The minimum absolute atomic E-state index is 0.0479. The van der Waals surface area contributed by atoms with Gasteiger partial charge in [0.05, 0.1) is 29.8 Å². The number of rotatable bonds is 2. The van der Waals surface area contributed by atoms with E-state index in [1.54, 1.807) is 7.11 Å². The van der Waals surface area contributed by atoms with Gasteiger partial charge in [0.2, 0.25) is 0 Å². The molecule has 0 bridgehead atoms. The molecule has 0 radical (unpaired) electrons. The number of nitriles is 1. The van der Waals surface area contributed by atoms with E-state index in [1.165, 1.54) is 0 Å². The topological polar surface area (TPSA) is 42.2 Å². The Balaban J connectivity index is 1.93. The van der Waals surface area contributed by atoms with Crippen LogP contribution in [0.5, 0.6) is 0 Å². The molecule has 14 heavy (non-hydrogen) atoms. The first-order valence-corrected chi connectivity index (χ1v) is 5.21. The highest BCUT2D eigenvalue weighted by molar-refractivity contribution is 5.06. The second kappa shape index (κ2) is 3.22. The van der Waals surface area contributed by atoms with Gasteiger partial charge in [-0.05, 0) is 19.8 Å². The van der Waals surface area contributed by atoms with Crippen LogP contribution in [-0.4, -0.2) is 24.4 Å². The number of methoxy groups -OCH3 is 1. The van der Waals surface area contributed by atoms with Crippen molar-refractivity contribution in [2.75, 3.05) is 7.11 Å². The van der Waals surface area contributed by atoms with Crippen LogP contribution < -0.4 is 0 Å². The Hall–Kier alpha value is -0.590. The summed E-state index contributed by atoms with van der Waals surface area (Å²) in [5.74, 6) is 0. The summed E-state index contributed by atoms with van der Waals surface area (Å²) in [5, 5.41) is 8.70. The number of hydrogen-bond acceptors (Lipinski definition) is 3. The maximum atomic E-state index is 8.70. The van der Waals surface area contributed by atoms with Crippen molar-refractivity contribution in [1.82, 2.24) is 0 Å². The molecule has 78 valence electrons. The van der Waals surface area contributed by atoms with Gasteiger partial charge in [-0.25, -0.2) is 0 Å². The van der Waals surface area contributed by atoms with Crippen molar-refractivity contribution in [1.29, 1.82) is 5.26 Å². The summed E-state index contributed by atoms with van der Waals surface area (Å²) in [7, 11) is 1.75. The lowest BCUT2D eigenvalue weighted by Crippen LogP contribution is -2.49. The summed E-state index contributed by atoms with van der Waals surface area (Å²) in [6.07, 6.45) is 4.99. The Bertz CT molecular complexity index is 265. The number of hydrogen-bond donors (Lipinski definition) is 0. The predicted octanol–water partition coefficient (Wildman–Crippen LogP) is 2.02. The quantitative estimate of drug-likeness (QED) is 0.677. The highest BCUT2D eigenvalue weighted by Gasteiger charge is 2.54. The zero-order valence-corrected chi connectivity index (χ0v) is 8.88. The molecular weight excluding hydrogens is 178 g/mol. The van der Waals surface area contributed by atoms with Crippen LogP contribution in [0.25, 0.3) is 0 Å². The molecule has 0 aromatic heterocycles. The summed E-state index contributed by atoms with van der Waals surface area (Å²) in [4.78, 5) is 0. The molecule has 1 atom stereocenters. The lowest BCUT2D eigenvalue weighted by Gasteiger charge is -2.45. The second-order valence-electron chi connectivity index (χ2n) is 4.84. The third-order valence-electron chi connectivity index (χ3n) is 3.56. The minimum atomic E-state index is -0.201. The smallest absolute Gasteiger partial charge is 0.0792 e. The highest BCUT2D eigenvalue weighted by atomic mass is 16.5. The fraction of sp³-hybridized carbons (Fsp3) is 0.909. The molecule has 1 aliphatic heterocycles. The van der Waals surface area contributed by atoms with Crippen molar-refractivity contribution in [3.8, 4) is 6.07 Å². The summed E-state index contributed by atoms with van der Waals surface area (Å²) < 4.78 is 11.3. The lowest BCUT2D eigenvalue weighted by molar-refractivity contribution is -0.180. The van der Waals surface area contributed by atoms with Crippen LogP contribution in [0.1, 0.15) is 39.0 Å². The van der Waals surface area contributed by atoms with Crippen molar-refractivity contribution < 1.29 is 9.47 Å². The normalized spacial score (nSPS) is 46.2. The lowest BCUT2D eigenvalue weighted by atomic mass is 9.75. The molecule has 0 aromatic rings. The van der Waals surface area contributed by atoms with Crippen LogP contribution in [0.3, 0.4) is 0 Å². The molecule has 2 aliphatic rings. The van der Waals surface area contributed by atoms with Crippen LogP contribution >= 0.6 is 0 Å². The Kier molecular flexibility index (Phi) is 2.29. The van der Waals surface area contributed by atoms with Gasteiger partial charge in [0.15, 0.2) is 0 Å². The van der Waals surface area contributed by atoms with Crippen LogP contribution in [0.2, 0.25) is 0 Å². The monoisotopic (exact) mass is 195 g/mol. The molecule has 1 heterocycles. The molecule has 2 fully saturated rings. The maximum Gasteiger partial charge on any atom is 0.0792 e. The number of ether oxygens (including phenoxy) is 2. The van der Waals surface area contributed by atoms with Gasteiger partial charge in [0, 0.05) is 20.0 Å². The van der Waals surface area contributed by atoms with Crippen molar-refractivity contribution in [3.05, 3.63) is 0 Å². The Morgan fingerprint density at radius 3 is 2.79 bits per heavy atom. The van der Waals surface area contributed by atoms with Crippen molar-refractivity contribution in [3.63, 3.8) is 0 Å². The van der Waals surface area contributed by atoms with E-state index in [9.17, 15) is 0 Å². The maximum absolute atomic E-state index is 8.70. The molecule has 0 N–H and O–H groups in total. The number of nitrogens with zero attached hydrogens (tertiary/aromatic N) is 1. The Morgan fingerprint density at radius 2 is 2.21 bits per heavy atom. The van der Waals surface area contributed by atoms with Gasteiger partial charge >= 0.3 is 0 Å². The molecule has 3 heteroatoms. The van der Waals surface area contributed by atoms with E-state index in [1.807, 2.05) is 6.92 Å². The molecule has 1 aliphatic carbocycles. The molecule has 1 saturated carbocycles. The standard InChI is InChI=1S/C11H17NO2/c1-10(5-6-12)3-4-11(14-10)7-9(8-11)13-2/h9H,3-5,7-8H2,1-2H3. The second-order valence-corrected chi connectivity index (χ2v) is 4.84. The van der Waals surface area contributed by atoms with E-state index in [-0.39, 0.29) is 11.2 Å². The van der Waals surface area contributed by atoms with E-state index in [4.69, 9.17) is 14.7 Å². The van der Waals surface area contributed by atoms with Crippen LogP contribution in [0.15, 0.2) is 0 Å². The third kappa shape index (κ3) is 1.53. The van der Waals surface area contributed by atoms with Gasteiger partial charge in [-0.2, -0.15) is 5.26 Å². The van der Waals surface area contributed by atoms with E-state index < -0.39 is 0 Å². The SMILES string of the molecule is COC1CC2(CCC(C)(CC#N)O2)C1. The minimum Gasteiger partial charge on any atom is -0.381 e. The largest absolute Gasteiger partial charge is 0.381 e. The van der Waals surface area contributed by atoms with E-state index in [0.29, 0.717) is 12.5 Å². The summed E-state index contributed by atoms with van der Waals surface area (Å²) in [6, 6.07) is 2.21. The first kappa shape index (κ1) is 9.95. The predicted molar refractivity (Wildman–Crippen MR) is 51.7 cm³/mol. The molecule has 1 spiro atoms. The van der Waals surface area contributed by atoms with E-state index in [0.717, 1.165) is 25.7 Å². The zero-order valence-electron chi connectivity index (χ0n) is 8.88. The van der Waals surface area contributed by atoms with Gasteiger partial charge < -0.3 is 9.47 Å². The molecule has 3 nitrogen and oxygen atoms in total. The first-order valence-electron chi connectivity index (χ1n) is 5.21. The van der Waals surface area contributed by atoms with Crippen molar-refractivity contribution in [2.24, 2.45) is 0 Å². The highest BCUT2D eigenvalue weighted by Crippen LogP contribution is 2.51. The third-order valence-corrected chi connectivity index (χ3v) is 3.56. The van der Waals surface area contributed by atoms with Crippen molar-refractivity contribution >= 4 is 0 Å². The average molecular weight is 195 g/mol. The molecule has 2 rings (SSSR count). The average Bonchev–Trinajstić information content (AvgIpc) is 2.42. The van der Waals surface area contributed by atoms with Gasteiger partial charge in [-0.1, -0.05) is 0 Å². The van der Waals surface area contributed by atoms with Crippen LogP contribution in [-0.2, 0) is 9.47 Å². The van der Waals surface area contributed by atoms with Gasteiger partial charge in [0.1, 0.15) is 0 Å². The molecular formula is C11H17NO2.